The summed E-state index contributed by atoms with van der Waals surface area (Å²) in [5.41, 5.74) is 0.593. The quantitative estimate of drug-likeness (QED) is 0.845. The molecule has 1 N–H and O–H groups in total. The van der Waals surface area contributed by atoms with Gasteiger partial charge in [-0.1, -0.05) is 12.1 Å². The van der Waals surface area contributed by atoms with Crippen molar-refractivity contribution in [1.82, 2.24) is 0 Å². The van der Waals surface area contributed by atoms with Crippen LogP contribution in [0.1, 0.15) is 18.4 Å². The summed E-state index contributed by atoms with van der Waals surface area (Å²) in [6, 6.07) is 5.89. The van der Waals surface area contributed by atoms with Crippen LogP contribution in [0.3, 0.4) is 0 Å². The van der Waals surface area contributed by atoms with Gasteiger partial charge >= 0.3 is 5.97 Å². The molecule has 5 heteroatoms. The summed E-state index contributed by atoms with van der Waals surface area (Å²) < 4.78 is 22.3. The molecule has 0 saturated carbocycles. The second-order valence-corrected chi connectivity index (χ2v) is 5.42. The maximum Gasteiger partial charge on any atom is 0.310 e. The standard InChI is InChI=1S/C10H12O4S/c1-7(10(11)12)8-3-5-9(6-4-8)15(2,13)14/h3-7H,1-2H3,(H,11,12). The minimum absolute atomic E-state index is 0.198. The smallest absolute Gasteiger partial charge is 0.310 e. The number of carbonyl (C=O) groups is 1. The molecule has 0 aromatic heterocycles. The average molecular weight is 228 g/mol. The van der Waals surface area contributed by atoms with Crippen LogP contribution in [-0.4, -0.2) is 25.7 Å². The van der Waals surface area contributed by atoms with Gasteiger partial charge in [-0.05, 0) is 24.6 Å². The Balaban J connectivity index is 3.06. The monoisotopic (exact) mass is 228 g/mol. The number of sulfone groups is 1. The number of aliphatic carboxylic acids is 1. The van der Waals surface area contributed by atoms with Crippen LogP contribution in [0.25, 0.3) is 0 Å². The fourth-order valence-electron chi connectivity index (χ4n) is 1.15. The lowest BCUT2D eigenvalue weighted by Gasteiger charge is -2.06. The van der Waals surface area contributed by atoms with E-state index in [9.17, 15) is 13.2 Å². The maximum atomic E-state index is 11.1. The molecule has 0 aliphatic carbocycles. The summed E-state index contributed by atoms with van der Waals surface area (Å²) in [6.07, 6.45) is 1.11. The molecule has 82 valence electrons. The van der Waals surface area contributed by atoms with Crippen molar-refractivity contribution in [3.63, 3.8) is 0 Å². The molecule has 1 rings (SSSR count). The molecule has 4 nitrogen and oxygen atoms in total. The van der Waals surface area contributed by atoms with Crippen LogP contribution in [0, 0.1) is 0 Å². The predicted molar refractivity (Wildman–Crippen MR) is 55.6 cm³/mol. The van der Waals surface area contributed by atoms with Crippen molar-refractivity contribution in [3.8, 4) is 0 Å². The lowest BCUT2D eigenvalue weighted by Crippen LogP contribution is -2.07. The lowest BCUT2D eigenvalue weighted by molar-refractivity contribution is -0.138. The Morgan fingerprint density at radius 3 is 2.07 bits per heavy atom. The Labute approximate surface area is 88.5 Å². The molecular weight excluding hydrogens is 216 g/mol. The van der Waals surface area contributed by atoms with E-state index in [2.05, 4.69) is 0 Å². The summed E-state index contributed by atoms with van der Waals surface area (Å²) in [6.45, 7) is 1.55. The summed E-state index contributed by atoms with van der Waals surface area (Å²) in [5.74, 6) is -1.55. The Morgan fingerprint density at radius 1 is 1.27 bits per heavy atom. The minimum Gasteiger partial charge on any atom is -0.481 e. The first-order valence-electron chi connectivity index (χ1n) is 4.35. The number of carboxylic acid groups (broad SMARTS) is 1. The van der Waals surface area contributed by atoms with Crippen LogP contribution in [0.5, 0.6) is 0 Å². The highest BCUT2D eigenvalue weighted by Crippen LogP contribution is 2.17. The topological polar surface area (TPSA) is 71.4 Å². The molecule has 0 aliphatic heterocycles. The molecule has 15 heavy (non-hydrogen) atoms. The van der Waals surface area contributed by atoms with E-state index in [1.54, 1.807) is 6.92 Å². The predicted octanol–water partition coefficient (Wildman–Crippen LogP) is 1.28. The number of hydrogen-bond acceptors (Lipinski definition) is 3. The first-order valence-corrected chi connectivity index (χ1v) is 6.24. The molecular formula is C10H12O4S. The Bertz CT molecular complexity index is 459. The van der Waals surface area contributed by atoms with Crippen LogP contribution in [0.4, 0.5) is 0 Å². The molecule has 1 aromatic rings. The van der Waals surface area contributed by atoms with Gasteiger partial charge in [0.05, 0.1) is 10.8 Å². The van der Waals surface area contributed by atoms with Crippen molar-refractivity contribution in [2.75, 3.05) is 6.26 Å². The molecule has 1 aromatic carbocycles. The van der Waals surface area contributed by atoms with Gasteiger partial charge in [0.25, 0.3) is 0 Å². The van der Waals surface area contributed by atoms with Gasteiger partial charge in [0.2, 0.25) is 0 Å². The maximum absolute atomic E-state index is 11.1. The second kappa shape index (κ2) is 4.02. The van der Waals surface area contributed by atoms with Gasteiger partial charge in [0.15, 0.2) is 9.84 Å². The van der Waals surface area contributed by atoms with Gasteiger partial charge < -0.3 is 5.11 Å². The van der Waals surface area contributed by atoms with E-state index in [-0.39, 0.29) is 4.90 Å². The van der Waals surface area contributed by atoms with Crippen molar-refractivity contribution < 1.29 is 18.3 Å². The molecule has 0 aliphatic rings. The Hall–Kier alpha value is -1.36. The Kier molecular flexibility index (Phi) is 3.14. The third-order valence-corrected chi connectivity index (χ3v) is 3.31. The van der Waals surface area contributed by atoms with Crippen LogP contribution >= 0.6 is 0 Å². The SMILES string of the molecule is CC(C(=O)O)c1ccc(S(C)(=O)=O)cc1. The van der Waals surface area contributed by atoms with Crippen molar-refractivity contribution >= 4 is 15.8 Å². The highest BCUT2D eigenvalue weighted by atomic mass is 32.2. The average Bonchev–Trinajstić information content (AvgIpc) is 2.15. The largest absolute Gasteiger partial charge is 0.481 e. The molecule has 0 saturated heterocycles. The Morgan fingerprint density at radius 2 is 1.73 bits per heavy atom. The number of carboxylic acids is 1. The number of hydrogen-bond donors (Lipinski definition) is 1. The molecule has 1 atom stereocenters. The molecule has 0 fully saturated rings. The zero-order chi connectivity index (χ0) is 11.6. The summed E-state index contributed by atoms with van der Waals surface area (Å²) in [5, 5.41) is 8.75. The molecule has 0 spiro atoms. The summed E-state index contributed by atoms with van der Waals surface area (Å²) >= 11 is 0. The van der Waals surface area contributed by atoms with Gasteiger partial charge in [0.1, 0.15) is 0 Å². The minimum atomic E-state index is -3.21. The van der Waals surface area contributed by atoms with Crippen molar-refractivity contribution in [3.05, 3.63) is 29.8 Å². The van der Waals surface area contributed by atoms with Gasteiger partial charge in [-0.2, -0.15) is 0 Å². The van der Waals surface area contributed by atoms with E-state index in [0.29, 0.717) is 5.56 Å². The normalized spacial score (nSPS) is 13.5. The zero-order valence-electron chi connectivity index (χ0n) is 8.47. The summed E-state index contributed by atoms with van der Waals surface area (Å²) in [4.78, 5) is 10.9. The van der Waals surface area contributed by atoms with Crippen molar-refractivity contribution in [2.45, 2.75) is 17.7 Å². The number of benzene rings is 1. The second-order valence-electron chi connectivity index (χ2n) is 3.40. The third kappa shape index (κ3) is 2.79. The molecule has 1 unspecified atom stereocenters. The molecule has 0 heterocycles. The van der Waals surface area contributed by atoms with Crippen LogP contribution < -0.4 is 0 Å². The van der Waals surface area contributed by atoms with Gasteiger partial charge in [-0.15, -0.1) is 0 Å². The van der Waals surface area contributed by atoms with E-state index in [1.807, 2.05) is 0 Å². The van der Waals surface area contributed by atoms with Crippen LogP contribution in [0.15, 0.2) is 29.2 Å². The summed E-state index contributed by atoms with van der Waals surface area (Å²) in [7, 11) is -3.21. The molecule has 0 radical (unpaired) electrons. The van der Waals surface area contributed by atoms with E-state index in [4.69, 9.17) is 5.11 Å². The fourth-order valence-corrected chi connectivity index (χ4v) is 1.78. The van der Waals surface area contributed by atoms with Crippen LogP contribution in [0.2, 0.25) is 0 Å². The first-order chi connectivity index (χ1) is 6.82. The van der Waals surface area contributed by atoms with E-state index in [0.717, 1.165) is 6.26 Å². The molecule has 0 amide bonds. The van der Waals surface area contributed by atoms with E-state index < -0.39 is 21.7 Å². The van der Waals surface area contributed by atoms with Crippen molar-refractivity contribution in [1.29, 1.82) is 0 Å². The van der Waals surface area contributed by atoms with Gasteiger partial charge in [-0.3, -0.25) is 4.79 Å². The van der Waals surface area contributed by atoms with E-state index in [1.165, 1.54) is 24.3 Å². The lowest BCUT2D eigenvalue weighted by atomic mass is 10.0. The van der Waals surface area contributed by atoms with Crippen LogP contribution in [-0.2, 0) is 14.6 Å². The number of rotatable bonds is 3. The fraction of sp³-hybridized carbons (Fsp3) is 0.300. The van der Waals surface area contributed by atoms with Gasteiger partial charge in [0, 0.05) is 6.26 Å². The van der Waals surface area contributed by atoms with Crippen molar-refractivity contribution in [2.24, 2.45) is 0 Å². The van der Waals surface area contributed by atoms with Gasteiger partial charge in [-0.25, -0.2) is 8.42 Å². The van der Waals surface area contributed by atoms with E-state index >= 15 is 0 Å². The molecule has 0 bridgehead atoms. The highest BCUT2D eigenvalue weighted by molar-refractivity contribution is 7.90. The zero-order valence-corrected chi connectivity index (χ0v) is 9.28. The highest BCUT2D eigenvalue weighted by Gasteiger charge is 2.14. The first kappa shape index (κ1) is 11.7. The third-order valence-electron chi connectivity index (χ3n) is 2.18.